The predicted molar refractivity (Wildman–Crippen MR) is 556 cm³/mol. The van der Waals surface area contributed by atoms with Crippen molar-refractivity contribution in [1.82, 2.24) is 45.4 Å². The maximum absolute atomic E-state index is 14.7. The summed E-state index contributed by atoms with van der Waals surface area (Å²) in [5, 5.41) is 20.2. The standard InChI is InChI=1S/C38H50N4O7S2.C30H40N2O5S.C29H38N2O5S.C9H14N2O3S.Li.H2O/c1-9-26-21-38(26,33(45)41-51(47,48)28-19-20-28)40-31(43)29-22-37(50-8,27-17-15-25(16-18-27)24-13-11-10-12-14-24)23-42(29)32(44)30(35(2,3)4)39-34(46)49-36(5,6)7;1-28(2,3)24(31-27(35)37-29(4,5)6)25(33)32-19-30(38-8,18-23(32)26(34)36-7)22-16-14-21(15-17-22)20-12-10-9-11-13-20;1-27(2,3)23(30-26(35)36-28(4,5)6)24(32)31-18-29(37-7,17-22(31)25(33)34)21-15-13-20(14-16-21)19-11-9-8-10-12-19;1-2-6-5-9(6,10)8(12)11-15(13,14)7-3-4-7;;/h9-18,26,28-30H,1,19-23H2,2-8H3,(H,39,46)(H,40,43)(H,41,45);9-17,23-24H,18-19H2,1-8H3,(H,31,35);8-16,22-23H,17-18H2,1-7H3,(H,30,35)(H,33,34);2,6-7H,1,3-5,10H2,(H,11,12);;1H2/q;;;;+1;/p-1/t26-,29+,30-,37+,38-;23-,24+,30-;22-,23+,29-;6-,9-;;/m1001../s1. The third-order valence-electron chi connectivity index (χ3n) is 26.1. The number of nitrogens with one attached hydrogen (secondary N) is 6. The van der Waals surface area contributed by atoms with Crippen LogP contribution in [-0.4, -0.2) is 228 Å². The van der Waals surface area contributed by atoms with Gasteiger partial charge in [-0.2, -0.15) is 35.3 Å². The van der Waals surface area contributed by atoms with E-state index in [4.69, 9.17) is 24.7 Å². The number of sulfonamides is 2. The van der Waals surface area contributed by atoms with E-state index in [1.807, 2.05) is 213 Å². The molecule has 0 aromatic heterocycles. The minimum absolute atomic E-state index is 0. The Morgan fingerprint density at radius 1 is 0.420 bits per heavy atom. The minimum atomic E-state index is -3.88. The first-order valence-electron chi connectivity index (χ1n) is 47.3. The molecular formula is C106H143LiN10O21S5. The SMILES string of the molecule is C=C[C@@H]1C[C@]1(N)C(=O)NS(=O)(=O)C1CC1.C=C[C@@H]1C[C@]1(NC(=O)[C@@H]1C[C@@](SC)(c2ccc(-c3ccccc3)cc2)CN1C(=O)[C@@H](NC(=O)OC(C)(C)C)C(C)(C)C)C(=O)NS(=O)(=O)C1CC1.COC(=O)[C@@H]1C[C@@](SC)(c2ccc(-c3ccccc3)cc2)CN1C(=O)[C@@H](NC(=O)OC(C)(C)C)C(C)(C)C.CS[C@@]1(c2ccc(-c3ccccc3)cc2)C[C@@H](C(=O)O)N(C(=O)[C@@H](NC(=O)OC(C)(C)C)C(C)(C)C)C1.[Li+].[OH-]. The number of amides is 9. The van der Waals surface area contributed by atoms with Crippen LogP contribution in [0.4, 0.5) is 14.4 Å². The first-order valence-corrected chi connectivity index (χ1v) is 54.1. The Labute approximate surface area is 867 Å². The van der Waals surface area contributed by atoms with Crippen LogP contribution in [0.3, 0.4) is 0 Å². The van der Waals surface area contributed by atoms with Crippen LogP contribution < -0.4 is 55.3 Å². The van der Waals surface area contributed by atoms with E-state index in [1.54, 1.807) is 96.8 Å². The van der Waals surface area contributed by atoms with Crippen molar-refractivity contribution in [3.8, 4) is 33.4 Å². The van der Waals surface area contributed by atoms with E-state index in [9.17, 15) is 74.7 Å². The molecule has 774 valence electrons. The number of hydrogen-bond donors (Lipinski definition) is 8. The molecule has 13 atom stereocenters. The summed E-state index contributed by atoms with van der Waals surface area (Å²) in [6.45, 7) is 40.3. The molecule has 3 heterocycles. The van der Waals surface area contributed by atoms with Crippen molar-refractivity contribution in [3.63, 3.8) is 0 Å². The number of rotatable bonds is 27. The number of ether oxygens (including phenoxy) is 4. The number of methoxy groups -OCH3 is 1. The van der Waals surface area contributed by atoms with Crippen LogP contribution in [0, 0.1) is 28.1 Å². The number of alkyl carbamates (subject to hydrolysis) is 3. The average molecular weight is 2060 g/mol. The van der Waals surface area contributed by atoms with Gasteiger partial charge >= 0.3 is 49.1 Å². The number of carbonyl (C=O) groups excluding carboxylic acids is 10. The number of aliphatic carboxylic acids is 1. The largest absolute Gasteiger partial charge is 1.00 e. The fourth-order valence-corrected chi connectivity index (χ4v) is 23.2. The van der Waals surface area contributed by atoms with Gasteiger partial charge in [0.2, 0.25) is 43.7 Å². The summed E-state index contributed by atoms with van der Waals surface area (Å²) in [6, 6.07) is 48.8. The van der Waals surface area contributed by atoms with Crippen LogP contribution >= 0.6 is 35.3 Å². The van der Waals surface area contributed by atoms with Gasteiger partial charge in [0.25, 0.3) is 11.8 Å². The predicted octanol–water partition coefficient (Wildman–Crippen LogP) is 12.6. The van der Waals surface area contributed by atoms with Gasteiger partial charge in [0.05, 0.1) is 31.9 Å². The van der Waals surface area contributed by atoms with Gasteiger partial charge < -0.3 is 71.2 Å². The molecule has 7 aliphatic rings. The zero-order chi connectivity index (χ0) is 105. The van der Waals surface area contributed by atoms with E-state index < -0.39 is 191 Å². The molecule has 143 heavy (non-hydrogen) atoms. The van der Waals surface area contributed by atoms with E-state index in [1.165, 1.54) is 34.7 Å². The molecule has 6 aromatic rings. The topological polar surface area (TPSA) is 451 Å². The molecule has 3 saturated heterocycles. The van der Waals surface area contributed by atoms with Gasteiger partial charge in [-0.3, -0.25) is 38.2 Å². The van der Waals surface area contributed by atoms with Crippen molar-refractivity contribution in [2.75, 3.05) is 45.5 Å². The second-order valence-corrected chi connectivity index (χ2v) is 51.1. The van der Waals surface area contributed by atoms with Crippen molar-refractivity contribution in [2.24, 2.45) is 33.8 Å². The molecule has 3 aliphatic heterocycles. The molecule has 7 fully saturated rings. The first-order chi connectivity index (χ1) is 65.5. The van der Waals surface area contributed by atoms with E-state index in [-0.39, 0.29) is 68.5 Å². The van der Waals surface area contributed by atoms with Crippen LogP contribution in [0.2, 0.25) is 0 Å². The Morgan fingerprint density at radius 2 is 0.699 bits per heavy atom. The van der Waals surface area contributed by atoms with Crippen molar-refractivity contribution >= 4 is 121 Å². The van der Waals surface area contributed by atoms with Gasteiger partial charge in [0, 0.05) is 31.5 Å². The number of likely N-dealkylation sites (tertiary alicyclic amines) is 3. The maximum Gasteiger partial charge on any atom is 1.00 e. The fraction of sp³-hybridized carbons (Fsp3) is 0.519. The van der Waals surface area contributed by atoms with Crippen LogP contribution in [0.1, 0.15) is 199 Å². The van der Waals surface area contributed by atoms with E-state index in [0.717, 1.165) is 50.1 Å². The molecule has 31 nitrogen and oxygen atoms in total. The maximum atomic E-state index is 14.7. The Kier molecular flexibility index (Phi) is 38.2. The third-order valence-corrected chi connectivity index (χ3v) is 33.7. The summed E-state index contributed by atoms with van der Waals surface area (Å²) in [6.07, 6.45) is 10.6. The Hall–Kier alpha value is -10.2. The quantitative estimate of drug-likeness (QED) is 0.0103. The zero-order valence-electron chi connectivity index (χ0n) is 86.5. The summed E-state index contributed by atoms with van der Waals surface area (Å²) >= 11 is 4.68. The van der Waals surface area contributed by atoms with Crippen LogP contribution in [0.15, 0.2) is 189 Å². The molecule has 13 rings (SSSR count). The molecule has 4 saturated carbocycles. The van der Waals surface area contributed by atoms with Crippen molar-refractivity contribution in [1.29, 1.82) is 0 Å². The Morgan fingerprint density at radius 3 is 0.958 bits per heavy atom. The number of hydrogen-bond acceptors (Lipinski definition) is 24. The molecule has 37 heteroatoms. The van der Waals surface area contributed by atoms with Gasteiger partial charge in [0.15, 0.2) is 0 Å². The molecule has 0 spiro atoms. The average Bonchev–Trinajstić information content (AvgIpc) is 1.57. The third kappa shape index (κ3) is 29.4. The Bertz CT molecular complexity index is 5810. The molecule has 10 N–H and O–H groups in total. The van der Waals surface area contributed by atoms with E-state index >= 15 is 0 Å². The number of esters is 1. The number of carboxylic acids is 1. The Balaban J connectivity index is 0.000000245. The summed E-state index contributed by atoms with van der Waals surface area (Å²) in [5.74, 6) is -5.37. The summed E-state index contributed by atoms with van der Waals surface area (Å²) in [4.78, 5) is 150. The molecule has 0 bridgehead atoms. The number of carboxylic acid groups (broad SMARTS) is 1. The summed E-state index contributed by atoms with van der Waals surface area (Å²) < 4.78 is 72.2. The molecule has 0 radical (unpaired) electrons. The van der Waals surface area contributed by atoms with Crippen LogP contribution in [-0.2, 0) is 91.6 Å². The minimum Gasteiger partial charge on any atom is -0.870 e. The van der Waals surface area contributed by atoms with E-state index in [2.05, 4.69) is 75.5 Å². The number of carbonyl (C=O) groups is 11. The van der Waals surface area contributed by atoms with Gasteiger partial charge in [-0.05, 0) is 205 Å². The summed E-state index contributed by atoms with van der Waals surface area (Å²) in [5.41, 5.74) is 8.19. The fourth-order valence-electron chi connectivity index (χ4n) is 17.6. The molecule has 4 aliphatic carbocycles. The smallest absolute Gasteiger partial charge is 0.870 e. The number of nitrogens with zero attached hydrogens (tertiary/aromatic N) is 3. The van der Waals surface area contributed by atoms with Gasteiger partial charge in [0.1, 0.15) is 64.1 Å². The van der Waals surface area contributed by atoms with Crippen molar-refractivity contribution < 1.29 is 118 Å². The zero-order valence-corrected chi connectivity index (χ0v) is 90.6. The second-order valence-electron chi connectivity index (χ2n) is 43.6. The number of benzene rings is 6. The molecular weight excluding hydrogens is 1920 g/mol. The normalized spacial score (nSPS) is 23.5. The van der Waals surface area contributed by atoms with Crippen LogP contribution in [0.5, 0.6) is 0 Å². The molecule has 0 unspecified atom stereocenters. The van der Waals surface area contributed by atoms with E-state index in [0.29, 0.717) is 45.1 Å². The van der Waals surface area contributed by atoms with Gasteiger partial charge in [-0.25, -0.2) is 40.8 Å². The molecule has 6 aromatic carbocycles. The van der Waals surface area contributed by atoms with Gasteiger partial charge in [-0.15, -0.1) is 13.2 Å². The monoisotopic (exact) mass is 2060 g/mol. The summed E-state index contributed by atoms with van der Waals surface area (Å²) in [7, 11) is -6.02. The number of thioether (sulfide) groups is 3. The number of nitrogens with two attached hydrogens (primary N) is 1. The molecule has 9 amide bonds. The van der Waals surface area contributed by atoms with Crippen molar-refractivity contribution in [2.45, 2.75) is 271 Å². The van der Waals surface area contributed by atoms with Crippen LogP contribution in [0.25, 0.3) is 33.4 Å². The first kappa shape index (κ1) is 118. The second kappa shape index (κ2) is 46.3. The van der Waals surface area contributed by atoms with Gasteiger partial charge in [-0.1, -0.05) is 238 Å². The van der Waals surface area contributed by atoms with Crippen molar-refractivity contribution in [3.05, 3.63) is 206 Å².